The molecule has 0 amide bonds. The fourth-order valence-corrected chi connectivity index (χ4v) is 4.20. The number of hydrogen-bond donors (Lipinski definition) is 0. The zero-order valence-corrected chi connectivity index (χ0v) is 17.7. The van der Waals surface area contributed by atoms with E-state index in [0.717, 1.165) is 59.1 Å². The van der Waals surface area contributed by atoms with Gasteiger partial charge in [-0.3, -0.25) is 9.97 Å². The Labute approximate surface area is 179 Å². The minimum absolute atomic E-state index is 0.634. The van der Waals surface area contributed by atoms with E-state index in [4.69, 9.17) is 16.6 Å². The van der Waals surface area contributed by atoms with Gasteiger partial charge in [-0.2, -0.15) is 5.10 Å². The van der Waals surface area contributed by atoms with Crippen LogP contribution in [-0.4, -0.2) is 42.8 Å². The third kappa shape index (κ3) is 3.50. The molecule has 0 aliphatic carbocycles. The number of pyridine rings is 2. The van der Waals surface area contributed by atoms with E-state index in [0.29, 0.717) is 10.9 Å². The maximum absolute atomic E-state index is 6.52. The quantitative estimate of drug-likeness (QED) is 0.487. The van der Waals surface area contributed by atoms with Crippen LogP contribution in [0.5, 0.6) is 0 Å². The molecule has 1 aliphatic rings. The van der Waals surface area contributed by atoms with Gasteiger partial charge in [0, 0.05) is 30.9 Å². The van der Waals surface area contributed by atoms with Crippen LogP contribution >= 0.6 is 11.6 Å². The van der Waals surface area contributed by atoms with Crippen molar-refractivity contribution in [2.45, 2.75) is 26.7 Å². The summed E-state index contributed by atoms with van der Waals surface area (Å²) in [6.45, 7) is 6.13. The number of rotatable bonds is 3. The largest absolute Gasteiger partial charge is 0.355 e. The molecule has 152 valence electrons. The van der Waals surface area contributed by atoms with Crippen LogP contribution in [-0.2, 0) is 0 Å². The summed E-state index contributed by atoms with van der Waals surface area (Å²) in [5.74, 6) is 2.19. The SMILES string of the molecule is Cc1cncc(-c2cc3c(cn2)cnn3-c2ccc(Cl)c(N3CCC[C@H](C)C3)n2)n1. The van der Waals surface area contributed by atoms with Crippen molar-refractivity contribution in [2.24, 2.45) is 5.92 Å². The molecule has 1 atom stereocenters. The van der Waals surface area contributed by atoms with Gasteiger partial charge in [0.15, 0.2) is 5.82 Å². The van der Waals surface area contributed by atoms with Gasteiger partial charge in [0.1, 0.15) is 11.5 Å². The summed E-state index contributed by atoms with van der Waals surface area (Å²) in [5.41, 5.74) is 3.25. The Hall–Kier alpha value is -3.06. The van der Waals surface area contributed by atoms with Crippen LogP contribution in [0.3, 0.4) is 0 Å². The van der Waals surface area contributed by atoms with Gasteiger partial charge in [-0.25, -0.2) is 14.6 Å². The highest BCUT2D eigenvalue weighted by Crippen LogP contribution is 2.30. The molecule has 7 nitrogen and oxygen atoms in total. The van der Waals surface area contributed by atoms with Gasteiger partial charge in [0.25, 0.3) is 0 Å². The molecule has 4 aromatic heterocycles. The Kier molecular flexibility index (Phi) is 4.83. The number of halogens is 1. The molecule has 8 heteroatoms. The van der Waals surface area contributed by atoms with Crippen molar-refractivity contribution in [3.8, 4) is 17.2 Å². The van der Waals surface area contributed by atoms with Gasteiger partial charge >= 0.3 is 0 Å². The zero-order chi connectivity index (χ0) is 20.7. The maximum Gasteiger partial charge on any atom is 0.156 e. The topological polar surface area (TPSA) is 72.6 Å². The molecule has 0 aromatic carbocycles. The number of nitrogens with zero attached hydrogens (tertiary/aromatic N) is 7. The molecule has 5 rings (SSSR count). The van der Waals surface area contributed by atoms with Crippen LogP contribution in [0.4, 0.5) is 5.82 Å². The predicted molar refractivity (Wildman–Crippen MR) is 118 cm³/mol. The van der Waals surface area contributed by atoms with Crippen molar-refractivity contribution in [3.05, 3.63) is 53.7 Å². The summed E-state index contributed by atoms with van der Waals surface area (Å²) < 4.78 is 1.83. The number of hydrogen-bond acceptors (Lipinski definition) is 6. The number of piperidine rings is 1. The highest BCUT2D eigenvalue weighted by Gasteiger charge is 2.21. The van der Waals surface area contributed by atoms with Crippen molar-refractivity contribution in [1.29, 1.82) is 0 Å². The summed E-state index contributed by atoms with van der Waals surface area (Å²) in [7, 11) is 0. The second-order valence-corrected chi connectivity index (χ2v) is 8.31. The lowest BCUT2D eigenvalue weighted by molar-refractivity contribution is 0.444. The second-order valence-electron chi connectivity index (χ2n) is 7.90. The lowest BCUT2D eigenvalue weighted by Crippen LogP contribution is -2.35. The van der Waals surface area contributed by atoms with E-state index in [2.05, 4.69) is 31.9 Å². The lowest BCUT2D eigenvalue weighted by Gasteiger charge is -2.32. The van der Waals surface area contributed by atoms with Crippen LogP contribution in [0.15, 0.2) is 43.0 Å². The van der Waals surface area contributed by atoms with Crippen molar-refractivity contribution in [1.82, 2.24) is 29.7 Å². The monoisotopic (exact) mass is 419 g/mol. The van der Waals surface area contributed by atoms with Crippen LogP contribution in [0.1, 0.15) is 25.5 Å². The van der Waals surface area contributed by atoms with E-state index >= 15 is 0 Å². The molecule has 0 bridgehead atoms. The molecule has 0 N–H and O–H groups in total. The van der Waals surface area contributed by atoms with Crippen molar-refractivity contribution >= 4 is 28.3 Å². The van der Waals surface area contributed by atoms with Gasteiger partial charge in [-0.15, -0.1) is 0 Å². The molecular weight excluding hydrogens is 398 g/mol. The van der Waals surface area contributed by atoms with Crippen LogP contribution in [0, 0.1) is 12.8 Å². The molecule has 1 saturated heterocycles. The van der Waals surface area contributed by atoms with E-state index in [9.17, 15) is 0 Å². The minimum atomic E-state index is 0.634. The van der Waals surface area contributed by atoms with Gasteiger partial charge in [-0.05, 0) is 43.9 Å². The van der Waals surface area contributed by atoms with Gasteiger partial charge in [-0.1, -0.05) is 18.5 Å². The van der Waals surface area contributed by atoms with Crippen molar-refractivity contribution in [3.63, 3.8) is 0 Å². The number of aryl methyl sites for hydroxylation is 1. The first kappa shape index (κ1) is 18.9. The fraction of sp³-hybridized carbons (Fsp3) is 0.318. The normalized spacial score (nSPS) is 16.9. The minimum Gasteiger partial charge on any atom is -0.355 e. The standard InChI is InChI=1S/C22H22ClN7/c1-14-4-3-7-29(13-14)22-17(23)5-6-21(28-22)30-20-8-18(25-10-16(20)11-26-30)19-12-24-9-15(2)27-19/h5-6,8-12,14H,3-4,7,13H2,1-2H3/t14-/m0/s1. The number of fused-ring (bicyclic) bond motifs is 1. The van der Waals surface area contributed by atoms with Crippen LogP contribution in [0.25, 0.3) is 28.1 Å². The molecule has 1 fully saturated rings. The van der Waals surface area contributed by atoms with E-state index < -0.39 is 0 Å². The summed E-state index contributed by atoms with van der Waals surface area (Å²) >= 11 is 6.52. The smallest absolute Gasteiger partial charge is 0.156 e. The second kappa shape index (κ2) is 7.65. The Morgan fingerprint density at radius 3 is 2.80 bits per heavy atom. The molecule has 0 unspecified atom stereocenters. The van der Waals surface area contributed by atoms with Crippen molar-refractivity contribution < 1.29 is 0 Å². The molecule has 0 radical (unpaired) electrons. The summed E-state index contributed by atoms with van der Waals surface area (Å²) in [6, 6.07) is 5.78. The maximum atomic E-state index is 6.52. The number of aromatic nitrogens is 6. The highest BCUT2D eigenvalue weighted by atomic mass is 35.5. The molecule has 0 saturated carbocycles. The molecule has 0 spiro atoms. The predicted octanol–water partition coefficient (Wildman–Crippen LogP) is 4.47. The zero-order valence-electron chi connectivity index (χ0n) is 17.0. The van der Waals surface area contributed by atoms with Crippen LogP contribution in [0.2, 0.25) is 5.02 Å². The third-order valence-electron chi connectivity index (χ3n) is 5.46. The van der Waals surface area contributed by atoms with E-state index in [1.54, 1.807) is 24.8 Å². The third-order valence-corrected chi connectivity index (χ3v) is 5.75. The van der Waals surface area contributed by atoms with E-state index in [-0.39, 0.29) is 0 Å². The van der Waals surface area contributed by atoms with Gasteiger partial charge < -0.3 is 4.90 Å². The Bertz CT molecular complexity index is 1220. The summed E-state index contributed by atoms with van der Waals surface area (Å²) in [4.78, 5) is 20.5. The van der Waals surface area contributed by atoms with Gasteiger partial charge in [0.2, 0.25) is 0 Å². The number of anilines is 1. The fourth-order valence-electron chi connectivity index (χ4n) is 3.97. The highest BCUT2D eigenvalue weighted by molar-refractivity contribution is 6.33. The van der Waals surface area contributed by atoms with E-state index in [1.807, 2.05) is 29.8 Å². The molecule has 5 heterocycles. The molecule has 30 heavy (non-hydrogen) atoms. The molecule has 4 aromatic rings. The van der Waals surface area contributed by atoms with Crippen molar-refractivity contribution in [2.75, 3.05) is 18.0 Å². The lowest BCUT2D eigenvalue weighted by atomic mass is 10.0. The molecule has 1 aliphatic heterocycles. The first-order chi connectivity index (χ1) is 14.6. The molecular formula is C22H22ClN7. The van der Waals surface area contributed by atoms with E-state index in [1.165, 1.54) is 6.42 Å². The Balaban J connectivity index is 1.58. The van der Waals surface area contributed by atoms with Crippen LogP contribution < -0.4 is 4.90 Å². The first-order valence-electron chi connectivity index (χ1n) is 10.1. The average molecular weight is 420 g/mol. The first-order valence-corrected chi connectivity index (χ1v) is 10.5. The Morgan fingerprint density at radius 2 is 1.97 bits per heavy atom. The summed E-state index contributed by atoms with van der Waals surface area (Å²) in [5, 5.41) is 6.17. The Morgan fingerprint density at radius 1 is 1.07 bits per heavy atom. The average Bonchev–Trinajstić information content (AvgIpc) is 3.17. The van der Waals surface area contributed by atoms with Gasteiger partial charge in [0.05, 0.1) is 34.3 Å². The summed E-state index contributed by atoms with van der Waals surface area (Å²) in [6.07, 6.45) is 9.45.